The second kappa shape index (κ2) is 3.39. The molecule has 0 aromatic carbocycles. The molecular formula is C5H8N4O. The largest absolute Gasteiger partial charge is 0.392 e. The number of amides is 1. The molecular weight excluding hydrogens is 132 g/mol. The third-order valence-electron chi connectivity index (χ3n) is 0.848. The zero-order valence-corrected chi connectivity index (χ0v) is 5.29. The maximum Gasteiger partial charge on any atom is 0.266 e. The van der Waals surface area contributed by atoms with Crippen LogP contribution in [0.3, 0.4) is 0 Å². The van der Waals surface area contributed by atoms with Crippen molar-refractivity contribution in [3.8, 4) is 0 Å². The van der Waals surface area contributed by atoms with E-state index in [0.29, 0.717) is 0 Å². The third kappa shape index (κ3) is 1.70. The normalized spacial score (nSPS) is 11.6. The van der Waals surface area contributed by atoms with Gasteiger partial charge in [0.1, 0.15) is 11.4 Å². The molecule has 54 valence electrons. The van der Waals surface area contributed by atoms with E-state index in [2.05, 4.69) is 11.7 Å². The molecule has 0 spiro atoms. The Morgan fingerprint density at radius 3 is 2.20 bits per heavy atom. The smallest absolute Gasteiger partial charge is 0.266 e. The summed E-state index contributed by atoms with van der Waals surface area (Å²) in [5, 5.41) is 6.68. The highest BCUT2D eigenvalue weighted by Gasteiger charge is 2.03. The van der Waals surface area contributed by atoms with Crippen LogP contribution in [0.5, 0.6) is 0 Å². The van der Waals surface area contributed by atoms with Crippen LogP contribution in [0.25, 0.3) is 0 Å². The van der Waals surface area contributed by atoms with Gasteiger partial charge in [-0.3, -0.25) is 9.79 Å². The van der Waals surface area contributed by atoms with Crippen LogP contribution >= 0.6 is 0 Å². The molecule has 0 bridgehead atoms. The minimum Gasteiger partial charge on any atom is -0.392 e. The first-order chi connectivity index (χ1) is 4.63. The number of nitrogens with zero attached hydrogens (tertiary/aromatic N) is 1. The molecule has 0 aromatic heterocycles. The summed E-state index contributed by atoms with van der Waals surface area (Å²) in [7, 11) is 0. The van der Waals surface area contributed by atoms with Gasteiger partial charge in [-0.05, 0) is 6.72 Å². The summed E-state index contributed by atoms with van der Waals surface area (Å²) in [6.45, 7) is 3.09. The summed E-state index contributed by atoms with van der Waals surface area (Å²) in [4.78, 5) is 13.6. The lowest BCUT2D eigenvalue weighted by molar-refractivity contribution is -0.114. The van der Waals surface area contributed by atoms with E-state index in [-0.39, 0.29) is 11.4 Å². The lowest BCUT2D eigenvalue weighted by Crippen LogP contribution is -2.22. The van der Waals surface area contributed by atoms with Crippen LogP contribution in [0.2, 0.25) is 0 Å². The van der Waals surface area contributed by atoms with Crippen LogP contribution in [-0.4, -0.2) is 18.8 Å². The Morgan fingerprint density at radius 2 is 2.10 bits per heavy atom. The number of hydrogen-bond donors (Lipinski definition) is 3. The molecule has 0 aliphatic heterocycles. The molecule has 1 amide bonds. The molecule has 0 aromatic rings. The van der Waals surface area contributed by atoms with Crippen molar-refractivity contribution >= 4 is 18.8 Å². The Hall–Kier alpha value is -1.65. The van der Waals surface area contributed by atoms with E-state index in [0.717, 1.165) is 6.21 Å². The van der Waals surface area contributed by atoms with E-state index in [9.17, 15) is 4.79 Å². The number of primary amides is 1. The maximum atomic E-state index is 10.3. The third-order valence-corrected chi connectivity index (χ3v) is 0.848. The van der Waals surface area contributed by atoms with Gasteiger partial charge in [0, 0.05) is 6.21 Å². The van der Waals surface area contributed by atoms with Crippen LogP contribution in [0, 0.1) is 5.41 Å². The quantitative estimate of drug-likeness (QED) is 0.345. The van der Waals surface area contributed by atoms with Crippen molar-refractivity contribution < 1.29 is 4.79 Å². The minimum atomic E-state index is -0.800. The van der Waals surface area contributed by atoms with Crippen molar-refractivity contribution in [1.82, 2.24) is 0 Å². The van der Waals surface area contributed by atoms with E-state index in [1.54, 1.807) is 0 Å². The Balaban J connectivity index is 4.76. The van der Waals surface area contributed by atoms with Crippen LogP contribution in [0.15, 0.2) is 16.4 Å². The number of aliphatic imine (C=N–C) groups is 1. The van der Waals surface area contributed by atoms with Gasteiger partial charge in [-0.1, -0.05) is 0 Å². The highest BCUT2D eigenvalue weighted by Crippen LogP contribution is 1.94. The number of carbonyl (C=O) groups is 1. The van der Waals surface area contributed by atoms with E-state index in [1.807, 2.05) is 0 Å². The molecule has 0 saturated heterocycles. The van der Waals surface area contributed by atoms with Gasteiger partial charge in [-0.2, -0.15) is 0 Å². The van der Waals surface area contributed by atoms with Crippen LogP contribution in [-0.2, 0) is 4.79 Å². The van der Waals surface area contributed by atoms with Crippen LogP contribution < -0.4 is 11.5 Å². The van der Waals surface area contributed by atoms with Crippen molar-refractivity contribution in [3.05, 3.63) is 11.4 Å². The van der Waals surface area contributed by atoms with Crippen molar-refractivity contribution in [1.29, 1.82) is 5.41 Å². The van der Waals surface area contributed by atoms with Gasteiger partial charge in [0.05, 0.1) is 0 Å². The molecule has 10 heavy (non-hydrogen) atoms. The predicted octanol–water partition coefficient (Wildman–Crippen LogP) is -1.01. The van der Waals surface area contributed by atoms with Gasteiger partial charge in [-0.25, -0.2) is 0 Å². The summed E-state index contributed by atoms with van der Waals surface area (Å²) in [6, 6.07) is 0. The van der Waals surface area contributed by atoms with Crippen LogP contribution in [0.1, 0.15) is 0 Å². The fraction of sp³-hybridized carbons (Fsp3) is 0. The van der Waals surface area contributed by atoms with E-state index in [1.165, 1.54) is 0 Å². The number of carbonyl (C=O) groups excluding carboxylic acids is 1. The number of nitrogens with one attached hydrogen (secondary N) is 1. The molecule has 0 fully saturated rings. The fourth-order valence-corrected chi connectivity index (χ4v) is 0.335. The van der Waals surface area contributed by atoms with E-state index in [4.69, 9.17) is 16.9 Å². The number of rotatable bonds is 3. The van der Waals surface area contributed by atoms with Gasteiger partial charge < -0.3 is 16.9 Å². The Morgan fingerprint density at radius 1 is 1.60 bits per heavy atom. The lowest BCUT2D eigenvalue weighted by Gasteiger charge is -1.95. The molecule has 5 heteroatoms. The molecule has 5 nitrogen and oxygen atoms in total. The van der Waals surface area contributed by atoms with Gasteiger partial charge in [-0.15, -0.1) is 0 Å². The summed E-state index contributed by atoms with van der Waals surface area (Å²) < 4.78 is 0. The zero-order chi connectivity index (χ0) is 8.15. The highest BCUT2D eigenvalue weighted by atomic mass is 16.1. The molecule has 0 saturated carbocycles. The maximum absolute atomic E-state index is 10.3. The molecule has 0 aliphatic rings. The molecule has 0 aliphatic carbocycles. The number of allylic oxidation sites excluding steroid dienone is 1. The standard InChI is InChI=1S/C5H8N4O/c1-9-3(2-6)4(7)5(8)10/h2,6H,1,7H2,(H2,8,10)/b4-3+,6-2?. The van der Waals surface area contributed by atoms with Gasteiger partial charge in [0.15, 0.2) is 0 Å². The SMILES string of the molecule is C=N/C(C=N)=C(/N)C(N)=O. The first kappa shape index (κ1) is 8.35. The Bertz CT molecular complexity index is 196. The van der Waals surface area contributed by atoms with Crippen molar-refractivity contribution in [2.24, 2.45) is 16.5 Å². The average Bonchev–Trinajstić information content (AvgIpc) is 1.90. The summed E-state index contributed by atoms with van der Waals surface area (Å²) >= 11 is 0. The second-order valence-electron chi connectivity index (χ2n) is 1.47. The molecule has 0 radical (unpaired) electrons. The van der Waals surface area contributed by atoms with Crippen molar-refractivity contribution in [2.45, 2.75) is 0 Å². The Kier molecular flexibility index (Phi) is 2.83. The molecule has 5 N–H and O–H groups in total. The fourth-order valence-electron chi connectivity index (χ4n) is 0.335. The van der Waals surface area contributed by atoms with Crippen LogP contribution in [0.4, 0.5) is 0 Å². The second-order valence-corrected chi connectivity index (χ2v) is 1.47. The zero-order valence-electron chi connectivity index (χ0n) is 5.29. The summed E-state index contributed by atoms with van der Waals surface area (Å²) in [6.07, 6.45) is 0.813. The van der Waals surface area contributed by atoms with E-state index >= 15 is 0 Å². The molecule has 0 rings (SSSR count). The van der Waals surface area contributed by atoms with Crippen molar-refractivity contribution in [2.75, 3.05) is 0 Å². The molecule has 0 heterocycles. The first-order valence-corrected chi connectivity index (χ1v) is 2.40. The summed E-state index contributed by atoms with van der Waals surface area (Å²) in [5.74, 6) is -0.800. The number of hydrogen-bond acceptors (Lipinski definition) is 4. The monoisotopic (exact) mass is 140 g/mol. The highest BCUT2D eigenvalue weighted by molar-refractivity contribution is 5.97. The van der Waals surface area contributed by atoms with E-state index < -0.39 is 5.91 Å². The lowest BCUT2D eigenvalue weighted by atomic mass is 10.3. The Labute approximate surface area is 57.9 Å². The topological polar surface area (TPSA) is 105 Å². The molecule has 0 unspecified atom stereocenters. The first-order valence-electron chi connectivity index (χ1n) is 2.40. The van der Waals surface area contributed by atoms with Gasteiger partial charge in [0.2, 0.25) is 0 Å². The minimum absolute atomic E-state index is 0.00694. The van der Waals surface area contributed by atoms with Crippen molar-refractivity contribution in [3.63, 3.8) is 0 Å². The van der Waals surface area contributed by atoms with Gasteiger partial charge >= 0.3 is 0 Å². The van der Waals surface area contributed by atoms with Gasteiger partial charge in [0.25, 0.3) is 5.91 Å². The predicted molar refractivity (Wildman–Crippen MR) is 38.7 cm³/mol. The summed E-state index contributed by atoms with van der Waals surface area (Å²) in [5.41, 5.74) is 9.62. The number of nitrogens with two attached hydrogens (primary N) is 2. The molecule has 0 atom stereocenters. The average molecular weight is 140 g/mol.